The van der Waals surface area contributed by atoms with Crippen molar-refractivity contribution in [3.8, 4) is 0 Å². The van der Waals surface area contributed by atoms with E-state index in [2.05, 4.69) is 25.7 Å². The van der Waals surface area contributed by atoms with Gasteiger partial charge in [-0.3, -0.25) is 9.69 Å². The van der Waals surface area contributed by atoms with Gasteiger partial charge in [0.15, 0.2) is 0 Å². The van der Waals surface area contributed by atoms with Gasteiger partial charge in [0.1, 0.15) is 0 Å². The molecule has 1 heterocycles. The van der Waals surface area contributed by atoms with Crippen molar-refractivity contribution in [2.24, 2.45) is 5.92 Å². The van der Waals surface area contributed by atoms with E-state index in [1.165, 1.54) is 32.1 Å². The zero-order chi connectivity index (χ0) is 13.8. The van der Waals surface area contributed by atoms with Crippen LogP contribution >= 0.6 is 0 Å². The van der Waals surface area contributed by atoms with Crippen LogP contribution in [0.5, 0.6) is 0 Å². The molecule has 116 valence electrons. The van der Waals surface area contributed by atoms with Crippen molar-refractivity contribution in [2.75, 3.05) is 19.6 Å². The van der Waals surface area contributed by atoms with Gasteiger partial charge in [0.25, 0.3) is 0 Å². The minimum absolute atomic E-state index is 0. The molecule has 2 unspecified atom stereocenters. The van der Waals surface area contributed by atoms with Crippen LogP contribution < -0.4 is 0 Å². The summed E-state index contributed by atoms with van der Waals surface area (Å²) < 4.78 is 0. The van der Waals surface area contributed by atoms with Crippen LogP contribution in [-0.4, -0.2) is 47.4 Å². The Labute approximate surface area is 138 Å². The molecule has 4 heteroatoms. The van der Waals surface area contributed by atoms with Crippen LogP contribution in [0.15, 0.2) is 0 Å². The first-order valence-electron chi connectivity index (χ1n) is 8.05. The summed E-state index contributed by atoms with van der Waals surface area (Å²) in [5.74, 6) is 1.08. The number of likely N-dealkylation sites (N-methyl/N-ethyl adjacent to an activating group) is 2. The Morgan fingerprint density at radius 2 is 1.80 bits per heavy atom. The first-order valence-corrected chi connectivity index (χ1v) is 8.05. The summed E-state index contributed by atoms with van der Waals surface area (Å²) in [5.41, 5.74) is 0. The van der Waals surface area contributed by atoms with Crippen molar-refractivity contribution in [3.63, 3.8) is 0 Å². The second-order valence-corrected chi connectivity index (χ2v) is 6.12. The standard InChI is InChI=1S/C16H29N2O.W/c1-4-17-12-13(3)18(5-2)16(19)15(17)11-14-9-7-6-8-10-14;/h13-15H,3-12H2,1-2H3;/q-1;. The molecule has 2 atom stereocenters. The normalized spacial score (nSPS) is 29.4. The third-order valence-corrected chi connectivity index (χ3v) is 4.92. The second kappa shape index (κ2) is 8.53. The van der Waals surface area contributed by atoms with Crippen molar-refractivity contribution in [1.82, 2.24) is 9.80 Å². The largest absolute Gasteiger partial charge is 0.367 e. The molecule has 2 rings (SSSR count). The fraction of sp³-hybridized carbons (Fsp3) is 0.875. The number of carbonyl (C=O) groups is 1. The van der Waals surface area contributed by atoms with Crippen LogP contribution in [-0.2, 0) is 25.9 Å². The molecule has 1 amide bonds. The first kappa shape index (κ1) is 18.2. The van der Waals surface area contributed by atoms with Gasteiger partial charge in [-0.05, 0) is 32.4 Å². The average Bonchev–Trinajstić information content (AvgIpc) is 2.43. The molecule has 0 N–H and O–H groups in total. The average molecular weight is 449 g/mol. The topological polar surface area (TPSA) is 23.6 Å². The Morgan fingerprint density at radius 3 is 2.35 bits per heavy atom. The maximum absolute atomic E-state index is 12.7. The molecule has 0 aromatic rings. The van der Waals surface area contributed by atoms with E-state index >= 15 is 0 Å². The Kier molecular flexibility index (Phi) is 7.75. The van der Waals surface area contributed by atoms with E-state index in [-0.39, 0.29) is 33.1 Å². The molecule has 0 spiro atoms. The van der Waals surface area contributed by atoms with Gasteiger partial charge in [0.05, 0.1) is 6.04 Å². The minimum Gasteiger partial charge on any atom is -0.367 e. The summed E-state index contributed by atoms with van der Waals surface area (Å²) in [5, 5.41) is 0. The first-order chi connectivity index (χ1) is 9.17. The Morgan fingerprint density at radius 1 is 1.15 bits per heavy atom. The molecule has 3 nitrogen and oxygen atoms in total. The maximum Gasteiger partial charge on any atom is 0.237 e. The van der Waals surface area contributed by atoms with E-state index in [1.54, 1.807) is 0 Å². The minimum atomic E-state index is 0. The predicted octanol–water partition coefficient (Wildman–Crippen LogP) is 2.71. The van der Waals surface area contributed by atoms with E-state index < -0.39 is 0 Å². The van der Waals surface area contributed by atoms with Crippen LogP contribution in [0.25, 0.3) is 0 Å². The van der Waals surface area contributed by atoms with E-state index in [4.69, 9.17) is 0 Å². The van der Waals surface area contributed by atoms with E-state index in [1.807, 2.05) is 4.90 Å². The zero-order valence-electron chi connectivity index (χ0n) is 13.0. The van der Waals surface area contributed by atoms with Crippen molar-refractivity contribution >= 4 is 5.91 Å². The molecule has 1 aliphatic carbocycles. The fourth-order valence-corrected chi connectivity index (χ4v) is 3.78. The predicted molar refractivity (Wildman–Crippen MR) is 78.8 cm³/mol. The quantitative estimate of drug-likeness (QED) is 0.617. The summed E-state index contributed by atoms with van der Waals surface area (Å²) in [4.78, 5) is 17.0. The van der Waals surface area contributed by atoms with Crippen LogP contribution in [0.1, 0.15) is 52.4 Å². The Hall–Kier alpha value is 0.118. The molecule has 0 radical (unpaired) electrons. The molecule has 0 bridgehead atoms. The van der Waals surface area contributed by atoms with Gasteiger partial charge in [0, 0.05) is 27.6 Å². The van der Waals surface area contributed by atoms with E-state index in [9.17, 15) is 4.79 Å². The Balaban J connectivity index is 0.00000200. The number of piperazine rings is 1. The van der Waals surface area contributed by atoms with Gasteiger partial charge in [-0.1, -0.05) is 45.1 Å². The van der Waals surface area contributed by atoms with Gasteiger partial charge in [-0.25, -0.2) is 0 Å². The molecule has 1 aliphatic heterocycles. The maximum atomic E-state index is 12.7. The van der Waals surface area contributed by atoms with Crippen LogP contribution in [0, 0.1) is 12.8 Å². The number of amides is 1. The van der Waals surface area contributed by atoms with Crippen molar-refractivity contribution in [1.29, 1.82) is 0 Å². The molecule has 0 aromatic carbocycles. The molecule has 20 heavy (non-hydrogen) atoms. The van der Waals surface area contributed by atoms with Gasteiger partial charge < -0.3 is 11.8 Å². The van der Waals surface area contributed by atoms with E-state index in [0.29, 0.717) is 5.91 Å². The van der Waals surface area contributed by atoms with Crippen molar-refractivity contribution in [3.05, 3.63) is 6.92 Å². The monoisotopic (exact) mass is 449 g/mol. The van der Waals surface area contributed by atoms with Crippen molar-refractivity contribution in [2.45, 2.75) is 64.5 Å². The molecule has 2 fully saturated rings. The molecule has 1 saturated carbocycles. The van der Waals surface area contributed by atoms with Gasteiger partial charge in [-0.2, -0.15) is 0 Å². The van der Waals surface area contributed by atoms with E-state index in [0.717, 1.165) is 32.0 Å². The van der Waals surface area contributed by atoms with Gasteiger partial charge in [-0.15, -0.1) is 0 Å². The van der Waals surface area contributed by atoms with Crippen LogP contribution in [0.3, 0.4) is 0 Å². The van der Waals surface area contributed by atoms with Crippen molar-refractivity contribution < 1.29 is 25.9 Å². The Bertz CT molecular complexity index is 305. The zero-order valence-corrected chi connectivity index (χ0v) is 15.9. The number of nitrogens with zero attached hydrogens (tertiary/aromatic N) is 2. The summed E-state index contributed by atoms with van der Waals surface area (Å²) in [6, 6.07) is 0.242. The number of hydrogen-bond donors (Lipinski definition) is 0. The molecular weight excluding hydrogens is 420 g/mol. The van der Waals surface area contributed by atoms with Crippen LogP contribution in [0.4, 0.5) is 0 Å². The summed E-state index contributed by atoms with van der Waals surface area (Å²) in [6.45, 7) is 11.1. The number of carbonyl (C=O) groups excluding carboxylic acids is 1. The number of rotatable bonds is 4. The third kappa shape index (κ3) is 4.07. The summed E-state index contributed by atoms with van der Waals surface area (Å²) >= 11 is 0. The third-order valence-electron chi connectivity index (χ3n) is 4.92. The number of hydrogen-bond acceptors (Lipinski definition) is 2. The SMILES string of the molecule is [CH2-]C1CN(CC)C(CC2CCCCC2)C(=O)N1CC.[W]. The summed E-state index contributed by atoms with van der Waals surface area (Å²) in [7, 11) is 0. The molecule has 0 aromatic heterocycles. The molecular formula is C16H29N2OW-. The fourth-order valence-electron chi connectivity index (χ4n) is 3.78. The molecule has 1 saturated heterocycles. The second-order valence-electron chi connectivity index (χ2n) is 6.12. The molecule has 2 aliphatic rings. The van der Waals surface area contributed by atoms with Gasteiger partial charge in [0.2, 0.25) is 5.91 Å². The smallest absolute Gasteiger partial charge is 0.237 e. The summed E-state index contributed by atoms with van der Waals surface area (Å²) in [6.07, 6.45) is 7.80. The van der Waals surface area contributed by atoms with Gasteiger partial charge >= 0.3 is 0 Å². The van der Waals surface area contributed by atoms with Crippen LogP contribution in [0.2, 0.25) is 0 Å².